The molecule has 1 fully saturated rings. The van der Waals surface area contributed by atoms with E-state index in [9.17, 15) is 39.7 Å². The van der Waals surface area contributed by atoms with E-state index in [0.717, 1.165) is 51.4 Å². The fourth-order valence-electron chi connectivity index (χ4n) is 6.19. The minimum atomic E-state index is -4.21. The highest BCUT2D eigenvalue weighted by Gasteiger charge is 2.50. The SMILES string of the molecule is CCC/C=C/C/C=C/C/C=C/C/C=C/CCCC(=O)OC(COC(=O)CCCCCCCCCCCCCCC)COP(=O)(P)OC1C(O)C(O)C(O)C(O)C1O. The predicted molar refractivity (Wildman–Crippen MR) is 228 cm³/mol. The normalized spacial score (nSPS) is 23.2. The number of unbranched alkanes of at least 4 members (excludes halogenated alkanes) is 14. The van der Waals surface area contributed by atoms with Crippen LogP contribution in [-0.2, 0) is 32.7 Å². The lowest BCUT2D eigenvalue weighted by molar-refractivity contribution is -0.217. The van der Waals surface area contributed by atoms with Crippen molar-refractivity contribution in [2.45, 2.75) is 198 Å². The number of carbonyl (C=O) groups is 2. The van der Waals surface area contributed by atoms with Gasteiger partial charge in [0.25, 0.3) is 0 Å². The first-order chi connectivity index (χ1) is 27.4. The molecular weight excluding hydrogens is 770 g/mol. The lowest BCUT2D eigenvalue weighted by Gasteiger charge is -2.41. The van der Waals surface area contributed by atoms with Gasteiger partial charge in [-0.15, -0.1) is 0 Å². The molecule has 0 radical (unpaired) electrons. The van der Waals surface area contributed by atoms with Crippen LogP contribution >= 0.6 is 16.2 Å². The van der Waals surface area contributed by atoms with Crippen LogP contribution in [0.3, 0.4) is 0 Å². The van der Waals surface area contributed by atoms with Crippen molar-refractivity contribution >= 4 is 28.2 Å². The summed E-state index contributed by atoms with van der Waals surface area (Å²) in [5.41, 5.74) is 0. The van der Waals surface area contributed by atoms with Crippen LogP contribution in [0.5, 0.6) is 0 Å². The molecule has 1 saturated carbocycles. The number of aliphatic hydroxyl groups is 5. The van der Waals surface area contributed by atoms with Gasteiger partial charge in [-0.1, -0.05) is 146 Å². The average Bonchev–Trinajstić information content (AvgIpc) is 3.19. The molecule has 0 aliphatic heterocycles. The molecule has 0 saturated heterocycles. The zero-order chi connectivity index (χ0) is 42.2. The summed E-state index contributed by atoms with van der Waals surface area (Å²) in [5, 5.41) is 50.4. The van der Waals surface area contributed by atoms with Crippen molar-refractivity contribution in [1.82, 2.24) is 0 Å². The first-order valence-electron chi connectivity index (χ1n) is 21.5. The Morgan fingerprint density at radius 1 is 0.561 bits per heavy atom. The third-order valence-electron chi connectivity index (χ3n) is 9.68. The molecule has 57 heavy (non-hydrogen) atoms. The number of hydrogen-bond donors (Lipinski definition) is 5. The van der Waals surface area contributed by atoms with Gasteiger partial charge < -0.3 is 39.5 Å². The number of ether oxygens (including phenoxy) is 2. The van der Waals surface area contributed by atoms with E-state index < -0.39 is 68.6 Å². The fourth-order valence-corrected chi connectivity index (χ4v) is 7.90. The van der Waals surface area contributed by atoms with Crippen molar-refractivity contribution in [3.63, 3.8) is 0 Å². The highest BCUT2D eigenvalue weighted by molar-refractivity contribution is 8.12. The molecule has 0 aromatic rings. The van der Waals surface area contributed by atoms with E-state index in [1.165, 1.54) is 57.8 Å². The van der Waals surface area contributed by atoms with Crippen LogP contribution < -0.4 is 0 Å². The van der Waals surface area contributed by atoms with Crippen molar-refractivity contribution < 1.29 is 58.2 Å². The van der Waals surface area contributed by atoms with Crippen LogP contribution in [0.4, 0.5) is 0 Å². The summed E-state index contributed by atoms with van der Waals surface area (Å²) in [4.78, 5) is 25.3. The zero-order valence-electron chi connectivity index (χ0n) is 34.7. The Balaban J connectivity index is 2.55. The average molecular weight is 847 g/mol. The smallest absolute Gasteiger partial charge is 0.343 e. The van der Waals surface area contributed by atoms with Crippen molar-refractivity contribution in [2.24, 2.45) is 0 Å². The molecule has 1 aliphatic rings. The first-order valence-corrected chi connectivity index (χ1v) is 24.7. The summed E-state index contributed by atoms with van der Waals surface area (Å²) in [6.45, 7) is 3.51. The summed E-state index contributed by atoms with van der Waals surface area (Å²) in [6.07, 6.45) is 26.2. The van der Waals surface area contributed by atoms with Crippen molar-refractivity contribution in [3.05, 3.63) is 48.6 Å². The standard InChI is InChI=1S/C43H76O12P2/c1-3-5-7-9-11-13-15-17-18-20-22-24-26-28-30-32-37(45)54-35(34-53-57(51,56)55-43-41(49)39(47)38(46)40(48)42(43)50)33-52-36(44)31-29-27-25-23-21-19-16-14-12-10-8-6-4-2/h7,9,13,15,18,20,24,26,35,38-43,46-50H,3-6,8,10-12,14,16-17,19,21-23,25,27-34,56H2,1-2H3/b9-7+,15-13+,20-18+,26-24+. The van der Waals surface area contributed by atoms with E-state index in [2.05, 4.69) is 50.3 Å². The summed E-state index contributed by atoms with van der Waals surface area (Å²) in [7, 11) is -2.39. The van der Waals surface area contributed by atoms with E-state index in [-0.39, 0.29) is 19.4 Å². The second-order valence-electron chi connectivity index (χ2n) is 14.9. The Morgan fingerprint density at radius 3 is 1.51 bits per heavy atom. The minimum Gasteiger partial charge on any atom is -0.462 e. The van der Waals surface area contributed by atoms with Crippen LogP contribution in [0.15, 0.2) is 48.6 Å². The van der Waals surface area contributed by atoms with Crippen LogP contribution in [0.2, 0.25) is 0 Å². The molecule has 0 heterocycles. The molecule has 12 nitrogen and oxygen atoms in total. The highest BCUT2D eigenvalue weighted by Crippen LogP contribution is 2.58. The maximum atomic E-state index is 13.2. The maximum Gasteiger partial charge on any atom is 0.343 e. The Labute approximate surface area is 345 Å². The van der Waals surface area contributed by atoms with Gasteiger partial charge in [-0.05, 0) is 53.9 Å². The molecule has 0 bridgehead atoms. The van der Waals surface area contributed by atoms with E-state index in [1.54, 1.807) is 0 Å². The molecular formula is C43H76O12P2. The molecule has 7 unspecified atom stereocenters. The lowest BCUT2D eigenvalue weighted by Crippen LogP contribution is -2.64. The molecule has 14 heteroatoms. The topological polar surface area (TPSA) is 189 Å². The number of aliphatic hydroxyl groups excluding tert-OH is 5. The summed E-state index contributed by atoms with van der Waals surface area (Å²) in [5.74, 6) is -1.03. The number of carbonyl (C=O) groups excluding carboxylic acids is 2. The Morgan fingerprint density at radius 2 is 1.00 bits per heavy atom. The second-order valence-corrected chi connectivity index (χ2v) is 18.4. The number of hydrogen-bond acceptors (Lipinski definition) is 12. The molecule has 0 aromatic carbocycles. The van der Waals surface area contributed by atoms with Crippen LogP contribution in [0.25, 0.3) is 0 Å². The lowest BCUT2D eigenvalue weighted by atomic mass is 9.85. The van der Waals surface area contributed by atoms with Crippen molar-refractivity contribution in [3.8, 4) is 0 Å². The molecule has 7 atom stereocenters. The van der Waals surface area contributed by atoms with Gasteiger partial charge in [0.15, 0.2) is 6.10 Å². The van der Waals surface area contributed by atoms with E-state index >= 15 is 0 Å². The highest BCUT2D eigenvalue weighted by atomic mass is 32.1. The second kappa shape index (κ2) is 34.0. The third kappa shape index (κ3) is 26.9. The van der Waals surface area contributed by atoms with Gasteiger partial charge in [-0.2, -0.15) is 0 Å². The first kappa shape index (κ1) is 53.3. The predicted octanol–water partition coefficient (Wildman–Crippen LogP) is 8.49. The Kier molecular flexibility index (Phi) is 31.8. The van der Waals surface area contributed by atoms with Crippen molar-refractivity contribution in [2.75, 3.05) is 13.2 Å². The molecule has 5 N–H and O–H groups in total. The fraction of sp³-hybridized carbons (Fsp3) is 0.767. The van der Waals surface area contributed by atoms with Gasteiger partial charge in [-0.3, -0.25) is 18.7 Å². The van der Waals surface area contributed by atoms with Crippen LogP contribution in [0, 0.1) is 0 Å². The van der Waals surface area contributed by atoms with Gasteiger partial charge in [0.1, 0.15) is 43.2 Å². The van der Waals surface area contributed by atoms with Gasteiger partial charge in [0, 0.05) is 12.8 Å². The van der Waals surface area contributed by atoms with Gasteiger partial charge in [0.2, 0.25) is 0 Å². The quantitative estimate of drug-likeness (QED) is 0.0180. The number of esters is 2. The molecule has 1 aliphatic carbocycles. The minimum absolute atomic E-state index is 0.0781. The summed E-state index contributed by atoms with van der Waals surface area (Å²) in [6, 6.07) is 0. The molecule has 330 valence electrons. The zero-order valence-corrected chi connectivity index (χ0v) is 36.8. The number of allylic oxidation sites excluding steroid dienone is 8. The largest absolute Gasteiger partial charge is 0.462 e. The molecule has 0 amide bonds. The Bertz CT molecular complexity index is 1190. The number of rotatable bonds is 34. The monoisotopic (exact) mass is 846 g/mol. The summed E-state index contributed by atoms with van der Waals surface area (Å²) < 4.78 is 34.8. The van der Waals surface area contributed by atoms with E-state index in [0.29, 0.717) is 19.3 Å². The van der Waals surface area contributed by atoms with Gasteiger partial charge in [0.05, 0.1) is 6.61 Å². The van der Waals surface area contributed by atoms with Crippen LogP contribution in [0.1, 0.15) is 155 Å². The van der Waals surface area contributed by atoms with Crippen LogP contribution in [-0.4, -0.2) is 93.4 Å². The third-order valence-corrected chi connectivity index (χ3v) is 11.5. The molecule has 0 spiro atoms. The maximum absolute atomic E-state index is 13.2. The van der Waals surface area contributed by atoms with Crippen molar-refractivity contribution in [1.29, 1.82) is 0 Å². The van der Waals surface area contributed by atoms with E-state index in [4.69, 9.17) is 18.5 Å². The van der Waals surface area contributed by atoms with Gasteiger partial charge >= 0.3 is 19.2 Å². The molecule has 1 rings (SSSR count). The summed E-state index contributed by atoms with van der Waals surface area (Å²) >= 11 is 0. The van der Waals surface area contributed by atoms with Gasteiger partial charge in [-0.25, -0.2) is 0 Å². The Hall–Kier alpha value is -1.72. The van der Waals surface area contributed by atoms with E-state index in [1.807, 2.05) is 21.1 Å². The molecule has 0 aromatic heterocycles.